The number of ether oxygens (including phenoxy) is 2. The number of fused-ring (bicyclic) bond motifs is 1. The quantitative estimate of drug-likeness (QED) is 0.628. The van der Waals surface area contributed by atoms with Crippen molar-refractivity contribution in [1.29, 1.82) is 0 Å². The van der Waals surface area contributed by atoms with Gasteiger partial charge in [0.15, 0.2) is 0 Å². The molecule has 2 amide bonds. The van der Waals surface area contributed by atoms with Gasteiger partial charge in [-0.3, -0.25) is 4.90 Å². The second kappa shape index (κ2) is 8.69. The number of benzene rings is 2. The lowest BCUT2D eigenvalue weighted by Gasteiger charge is -2.37. The molecular weight excluding hydrogens is 423 g/mol. The summed E-state index contributed by atoms with van der Waals surface area (Å²) in [6.07, 6.45) is 1.35. The van der Waals surface area contributed by atoms with Gasteiger partial charge < -0.3 is 14.4 Å². The highest BCUT2D eigenvalue weighted by Crippen LogP contribution is 2.42. The third-order valence-electron chi connectivity index (χ3n) is 6.37. The van der Waals surface area contributed by atoms with E-state index in [0.717, 1.165) is 24.0 Å². The molecule has 4 rings (SSSR count). The Balaban J connectivity index is 1.50. The van der Waals surface area contributed by atoms with Gasteiger partial charge in [-0.25, -0.2) is 14.0 Å². The Hall–Kier alpha value is -3.09. The molecule has 0 spiro atoms. The summed E-state index contributed by atoms with van der Waals surface area (Å²) >= 11 is 0. The zero-order chi connectivity index (χ0) is 23.8. The molecule has 2 aliphatic rings. The SMILES string of the molecule is CN(C(=O)OC(C)(C)C)C1(COC(=O)N2CCc3ccccc3[C@@H]2c2ccc(F)cc2)CC1. The van der Waals surface area contributed by atoms with Gasteiger partial charge in [0.2, 0.25) is 0 Å². The molecule has 176 valence electrons. The molecular formula is C26H31FN2O4. The molecule has 7 heteroatoms. The van der Waals surface area contributed by atoms with Gasteiger partial charge in [0.1, 0.15) is 18.0 Å². The van der Waals surface area contributed by atoms with Crippen LogP contribution in [0, 0.1) is 5.82 Å². The summed E-state index contributed by atoms with van der Waals surface area (Å²) in [5, 5.41) is 0. The van der Waals surface area contributed by atoms with Crippen molar-refractivity contribution in [2.24, 2.45) is 0 Å². The number of nitrogens with zero attached hydrogens (tertiary/aromatic N) is 2. The zero-order valence-electron chi connectivity index (χ0n) is 19.6. The second-order valence-corrected chi connectivity index (χ2v) is 9.91. The number of carbonyl (C=O) groups excluding carboxylic acids is 2. The van der Waals surface area contributed by atoms with Crippen molar-refractivity contribution in [1.82, 2.24) is 9.80 Å². The Kier molecular flexibility index (Phi) is 6.08. The van der Waals surface area contributed by atoms with Gasteiger partial charge in [-0.2, -0.15) is 0 Å². The first kappa shape index (κ1) is 23.1. The maximum absolute atomic E-state index is 13.6. The van der Waals surface area contributed by atoms with Crippen LogP contribution < -0.4 is 0 Å². The molecule has 2 aromatic rings. The Labute approximate surface area is 194 Å². The van der Waals surface area contributed by atoms with Crippen LogP contribution in [0.25, 0.3) is 0 Å². The zero-order valence-corrected chi connectivity index (χ0v) is 19.6. The summed E-state index contributed by atoms with van der Waals surface area (Å²) in [7, 11) is 1.69. The Morgan fingerprint density at radius 3 is 2.42 bits per heavy atom. The van der Waals surface area contributed by atoms with Gasteiger partial charge in [0, 0.05) is 13.6 Å². The number of amides is 2. The summed E-state index contributed by atoms with van der Waals surface area (Å²) in [5.74, 6) is -0.321. The highest BCUT2D eigenvalue weighted by atomic mass is 19.1. The second-order valence-electron chi connectivity index (χ2n) is 9.91. The average Bonchev–Trinajstić information content (AvgIpc) is 3.57. The molecule has 0 saturated heterocycles. The molecule has 2 aromatic carbocycles. The van der Waals surface area contributed by atoms with Crippen LogP contribution in [0.15, 0.2) is 48.5 Å². The van der Waals surface area contributed by atoms with Crippen molar-refractivity contribution in [2.75, 3.05) is 20.2 Å². The lowest BCUT2D eigenvalue weighted by atomic mass is 9.88. The Morgan fingerprint density at radius 1 is 1.12 bits per heavy atom. The van der Waals surface area contributed by atoms with Crippen molar-refractivity contribution in [3.63, 3.8) is 0 Å². The minimum absolute atomic E-state index is 0.107. The fourth-order valence-corrected chi connectivity index (χ4v) is 4.29. The van der Waals surface area contributed by atoms with E-state index < -0.39 is 23.3 Å². The van der Waals surface area contributed by atoms with E-state index in [4.69, 9.17) is 9.47 Å². The molecule has 0 unspecified atom stereocenters. The van der Waals surface area contributed by atoms with E-state index in [0.29, 0.717) is 13.0 Å². The van der Waals surface area contributed by atoms with Gasteiger partial charge in [-0.05, 0) is 68.9 Å². The molecule has 0 N–H and O–H groups in total. The van der Waals surface area contributed by atoms with Crippen molar-refractivity contribution in [3.05, 3.63) is 71.0 Å². The number of hydrogen-bond donors (Lipinski definition) is 0. The number of carbonyl (C=O) groups is 2. The molecule has 1 atom stereocenters. The number of hydrogen-bond acceptors (Lipinski definition) is 4. The topological polar surface area (TPSA) is 59.1 Å². The maximum atomic E-state index is 13.6. The van der Waals surface area contributed by atoms with E-state index in [1.54, 1.807) is 29.0 Å². The number of halogens is 1. The lowest BCUT2D eigenvalue weighted by molar-refractivity contribution is 0.00625. The van der Waals surface area contributed by atoms with E-state index in [-0.39, 0.29) is 18.5 Å². The van der Waals surface area contributed by atoms with Crippen LogP contribution >= 0.6 is 0 Å². The summed E-state index contributed by atoms with van der Waals surface area (Å²) in [6, 6.07) is 13.9. The van der Waals surface area contributed by atoms with Crippen LogP contribution in [0.3, 0.4) is 0 Å². The summed E-state index contributed by atoms with van der Waals surface area (Å²) < 4.78 is 24.8. The van der Waals surface area contributed by atoms with Crippen molar-refractivity contribution >= 4 is 12.2 Å². The smallest absolute Gasteiger partial charge is 0.410 e. The van der Waals surface area contributed by atoms with E-state index >= 15 is 0 Å². The van der Waals surface area contributed by atoms with E-state index in [9.17, 15) is 14.0 Å². The lowest BCUT2D eigenvalue weighted by Crippen LogP contribution is -2.47. The van der Waals surface area contributed by atoms with Gasteiger partial charge in [-0.1, -0.05) is 36.4 Å². The highest BCUT2D eigenvalue weighted by molar-refractivity contribution is 5.71. The van der Waals surface area contributed by atoms with Crippen molar-refractivity contribution in [3.8, 4) is 0 Å². The first-order valence-electron chi connectivity index (χ1n) is 11.3. The molecule has 0 aromatic heterocycles. The average molecular weight is 455 g/mol. The molecule has 1 fully saturated rings. The molecule has 6 nitrogen and oxygen atoms in total. The van der Waals surface area contributed by atoms with Gasteiger partial charge in [-0.15, -0.1) is 0 Å². The molecule has 1 saturated carbocycles. The molecule has 0 radical (unpaired) electrons. The van der Waals surface area contributed by atoms with Gasteiger partial charge in [0.05, 0.1) is 11.6 Å². The van der Waals surface area contributed by atoms with Crippen LogP contribution in [0.5, 0.6) is 0 Å². The fourth-order valence-electron chi connectivity index (χ4n) is 4.29. The summed E-state index contributed by atoms with van der Waals surface area (Å²) in [4.78, 5) is 29.0. The third kappa shape index (κ3) is 4.97. The molecule has 1 aliphatic carbocycles. The first-order chi connectivity index (χ1) is 15.6. The minimum Gasteiger partial charge on any atom is -0.447 e. The summed E-state index contributed by atoms with van der Waals surface area (Å²) in [6.45, 7) is 6.06. The van der Waals surface area contributed by atoms with Crippen LogP contribution in [0.2, 0.25) is 0 Å². The third-order valence-corrected chi connectivity index (χ3v) is 6.37. The maximum Gasteiger partial charge on any atom is 0.410 e. The van der Waals surface area contributed by atoms with Crippen molar-refractivity contribution < 1.29 is 23.5 Å². The minimum atomic E-state index is -0.596. The largest absolute Gasteiger partial charge is 0.447 e. The van der Waals surface area contributed by atoms with Crippen LogP contribution in [0.1, 0.15) is 56.3 Å². The van der Waals surface area contributed by atoms with Crippen LogP contribution in [-0.4, -0.2) is 53.3 Å². The normalized spacial score (nSPS) is 18.8. The van der Waals surface area contributed by atoms with E-state index in [2.05, 4.69) is 6.07 Å². The fraction of sp³-hybridized carbons (Fsp3) is 0.462. The standard InChI is InChI=1S/C26H31FN2O4/c1-25(2,3)33-23(30)28(4)26(14-15-26)17-32-24(31)29-16-13-18-7-5-6-8-21(18)22(29)19-9-11-20(27)12-10-19/h5-12,22H,13-17H2,1-4H3/t22-/m0/s1. The van der Waals surface area contributed by atoms with Gasteiger partial charge >= 0.3 is 12.2 Å². The van der Waals surface area contributed by atoms with Crippen LogP contribution in [0.4, 0.5) is 14.0 Å². The highest BCUT2D eigenvalue weighted by Gasteiger charge is 2.51. The molecule has 1 aliphatic heterocycles. The van der Waals surface area contributed by atoms with E-state index in [1.807, 2.05) is 39.0 Å². The predicted molar refractivity (Wildman–Crippen MR) is 122 cm³/mol. The van der Waals surface area contributed by atoms with Crippen molar-refractivity contribution in [2.45, 2.75) is 57.2 Å². The number of rotatable bonds is 4. The Bertz CT molecular complexity index is 1030. The van der Waals surface area contributed by atoms with Crippen LogP contribution in [-0.2, 0) is 15.9 Å². The predicted octanol–water partition coefficient (Wildman–Crippen LogP) is 5.31. The number of likely N-dealkylation sites (N-methyl/N-ethyl adjacent to an activating group) is 1. The first-order valence-corrected chi connectivity index (χ1v) is 11.3. The molecule has 0 bridgehead atoms. The molecule has 1 heterocycles. The Morgan fingerprint density at radius 2 is 1.79 bits per heavy atom. The molecule has 33 heavy (non-hydrogen) atoms. The summed E-state index contributed by atoms with van der Waals surface area (Å²) in [5.41, 5.74) is 1.88. The van der Waals surface area contributed by atoms with Gasteiger partial charge in [0.25, 0.3) is 0 Å². The monoisotopic (exact) mass is 454 g/mol. The van der Waals surface area contributed by atoms with E-state index in [1.165, 1.54) is 17.7 Å².